The van der Waals surface area contributed by atoms with Gasteiger partial charge in [-0.2, -0.15) is 11.8 Å². The summed E-state index contributed by atoms with van der Waals surface area (Å²) in [5.74, 6) is 2.10. The van der Waals surface area contributed by atoms with E-state index in [1.54, 1.807) is 0 Å². The summed E-state index contributed by atoms with van der Waals surface area (Å²) in [6, 6.07) is 0.766. The molecule has 0 heterocycles. The van der Waals surface area contributed by atoms with Crippen LogP contribution in [-0.4, -0.2) is 24.6 Å². The summed E-state index contributed by atoms with van der Waals surface area (Å²) in [6.45, 7) is 8.33. The van der Waals surface area contributed by atoms with Crippen molar-refractivity contribution < 1.29 is 0 Å². The van der Waals surface area contributed by atoms with E-state index in [0.717, 1.165) is 12.0 Å². The lowest BCUT2D eigenvalue weighted by molar-refractivity contribution is 0.363. The zero-order valence-corrected chi connectivity index (χ0v) is 10.2. The third-order valence-electron chi connectivity index (χ3n) is 3.05. The van der Waals surface area contributed by atoms with Crippen LogP contribution in [0.25, 0.3) is 0 Å². The van der Waals surface area contributed by atoms with Gasteiger partial charge in [0.1, 0.15) is 0 Å². The molecule has 0 aromatic heterocycles. The minimum absolute atomic E-state index is 0.566. The van der Waals surface area contributed by atoms with Crippen LogP contribution < -0.4 is 5.32 Å². The second-order valence-corrected chi connectivity index (χ2v) is 6.09. The molecule has 0 saturated heterocycles. The molecule has 2 atom stereocenters. The molecule has 0 spiro atoms. The van der Waals surface area contributed by atoms with Crippen LogP contribution >= 0.6 is 11.8 Å². The van der Waals surface area contributed by atoms with Crippen molar-refractivity contribution in [2.45, 2.75) is 39.7 Å². The number of nitrogens with one attached hydrogen (secondary N) is 1. The van der Waals surface area contributed by atoms with E-state index in [1.807, 2.05) is 11.8 Å². The Morgan fingerprint density at radius 2 is 2.08 bits per heavy atom. The molecule has 1 fully saturated rings. The highest BCUT2D eigenvalue weighted by molar-refractivity contribution is 7.98. The maximum absolute atomic E-state index is 3.67. The number of hydrogen-bond donors (Lipinski definition) is 1. The van der Waals surface area contributed by atoms with Crippen molar-refractivity contribution in [2.24, 2.45) is 11.3 Å². The van der Waals surface area contributed by atoms with Crippen molar-refractivity contribution >= 4 is 11.8 Å². The third kappa shape index (κ3) is 3.51. The van der Waals surface area contributed by atoms with Gasteiger partial charge in [0.25, 0.3) is 0 Å². The van der Waals surface area contributed by atoms with E-state index in [2.05, 4.69) is 32.3 Å². The maximum atomic E-state index is 3.67. The second kappa shape index (κ2) is 4.70. The first kappa shape index (κ1) is 11.4. The zero-order valence-electron chi connectivity index (χ0n) is 9.39. The van der Waals surface area contributed by atoms with Crippen molar-refractivity contribution in [3.8, 4) is 0 Å². The van der Waals surface area contributed by atoms with Gasteiger partial charge in [0.05, 0.1) is 0 Å². The SMILES string of the molecule is CSCCNC1CC(C)(C)CC1C. The van der Waals surface area contributed by atoms with Crippen LogP contribution in [0.3, 0.4) is 0 Å². The van der Waals surface area contributed by atoms with E-state index in [4.69, 9.17) is 0 Å². The Kier molecular flexibility index (Phi) is 4.11. The molecule has 0 radical (unpaired) electrons. The van der Waals surface area contributed by atoms with E-state index < -0.39 is 0 Å². The molecule has 0 aliphatic heterocycles. The van der Waals surface area contributed by atoms with Gasteiger partial charge in [0, 0.05) is 18.3 Å². The smallest absolute Gasteiger partial charge is 0.00983 e. The minimum Gasteiger partial charge on any atom is -0.313 e. The van der Waals surface area contributed by atoms with E-state index in [-0.39, 0.29) is 0 Å². The van der Waals surface area contributed by atoms with Gasteiger partial charge in [-0.25, -0.2) is 0 Å². The molecule has 1 aliphatic carbocycles. The summed E-state index contributed by atoms with van der Waals surface area (Å²) in [5.41, 5.74) is 0.566. The first-order valence-electron chi connectivity index (χ1n) is 5.27. The average Bonchev–Trinajstić information content (AvgIpc) is 2.25. The molecule has 0 aromatic carbocycles. The lowest BCUT2D eigenvalue weighted by atomic mass is 9.91. The monoisotopic (exact) mass is 201 g/mol. The Labute approximate surface area is 87.1 Å². The van der Waals surface area contributed by atoms with E-state index in [9.17, 15) is 0 Å². The van der Waals surface area contributed by atoms with Crippen molar-refractivity contribution in [3.05, 3.63) is 0 Å². The molecular weight excluding hydrogens is 178 g/mol. The molecule has 1 saturated carbocycles. The van der Waals surface area contributed by atoms with Crippen LogP contribution in [0, 0.1) is 11.3 Å². The fourth-order valence-corrected chi connectivity index (χ4v) is 2.84. The molecule has 13 heavy (non-hydrogen) atoms. The van der Waals surface area contributed by atoms with Gasteiger partial charge in [-0.3, -0.25) is 0 Å². The molecule has 2 unspecified atom stereocenters. The zero-order chi connectivity index (χ0) is 9.90. The van der Waals surface area contributed by atoms with Gasteiger partial charge in [0.15, 0.2) is 0 Å². The van der Waals surface area contributed by atoms with Crippen LogP contribution in [0.1, 0.15) is 33.6 Å². The Morgan fingerprint density at radius 1 is 1.38 bits per heavy atom. The summed E-state index contributed by atoms with van der Waals surface area (Å²) in [6.07, 6.45) is 4.90. The van der Waals surface area contributed by atoms with Gasteiger partial charge < -0.3 is 5.32 Å². The first-order chi connectivity index (χ1) is 6.05. The van der Waals surface area contributed by atoms with Crippen LogP contribution in [-0.2, 0) is 0 Å². The minimum atomic E-state index is 0.566. The van der Waals surface area contributed by atoms with Crippen molar-refractivity contribution in [1.29, 1.82) is 0 Å². The highest BCUT2D eigenvalue weighted by atomic mass is 32.2. The van der Waals surface area contributed by atoms with Crippen LogP contribution in [0.4, 0.5) is 0 Å². The lowest BCUT2D eigenvalue weighted by Crippen LogP contribution is -2.33. The van der Waals surface area contributed by atoms with Gasteiger partial charge >= 0.3 is 0 Å². The summed E-state index contributed by atoms with van der Waals surface area (Å²) >= 11 is 1.92. The molecule has 1 N–H and O–H groups in total. The predicted octanol–water partition coefficient (Wildman–Crippen LogP) is 2.76. The molecule has 1 rings (SSSR count). The predicted molar refractivity (Wildman–Crippen MR) is 62.4 cm³/mol. The van der Waals surface area contributed by atoms with Gasteiger partial charge in [0.2, 0.25) is 0 Å². The third-order valence-corrected chi connectivity index (χ3v) is 3.66. The van der Waals surface area contributed by atoms with E-state index >= 15 is 0 Å². The van der Waals surface area contributed by atoms with Crippen LogP contribution in [0.5, 0.6) is 0 Å². The summed E-state index contributed by atoms with van der Waals surface area (Å²) < 4.78 is 0. The number of rotatable bonds is 4. The van der Waals surface area contributed by atoms with Crippen molar-refractivity contribution in [2.75, 3.05) is 18.6 Å². The highest BCUT2D eigenvalue weighted by Gasteiger charge is 2.35. The van der Waals surface area contributed by atoms with E-state index in [1.165, 1.54) is 25.1 Å². The molecule has 1 aliphatic rings. The molecule has 78 valence electrons. The summed E-state index contributed by atoms with van der Waals surface area (Å²) in [4.78, 5) is 0. The summed E-state index contributed by atoms with van der Waals surface area (Å²) in [5, 5.41) is 3.67. The Hall–Kier alpha value is 0.310. The normalized spacial score (nSPS) is 32.3. The lowest BCUT2D eigenvalue weighted by Gasteiger charge is -2.18. The quantitative estimate of drug-likeness (QED) is 0.702. The second-order valence-electron chi connectivity index (χ2n) is 5.10. The molecule has 0 bridgehead atoms. The molecule has 0 amide bonds. The van der Waals surface area contributed by atoms with Crippen LogP contribution in [0.15, 0.2) is 0 Å². The fraction of sp³-hybridized carbons (Fsp3) is 1.00. The molecule has 0 aromatic rings. The Bertz CT molecular complexity index is 156. The molecular formula is C11H23NS. The van der Waals surface area contributed by atoms with Crippen molar-refractivity contribution in [1.82, 2.24) is 5.32 Å². The molecule has 1 nitrogen and oxygen atoms in total. The molecule has 2 heteroatoms. The Balaban J connectivity index is 2.27. The highest BCUT2D eigenvalue weighted by Crippen LogP contribution is 2.40. The standard InChI is InChI=1S/C11H23NS/c1-9-7-11(2,3)8-10(9)12-5-6-13-4/h9-10,12H,5-8H2,1-4H3. The topological polar surface area (TPSA) is 12.0 Å². The Morgan fingerprint density at radius 3 is 2.54 bits per heavy atom. The van der Waals surface area contributed by atoms with Crippen molar-refractivity contribution in [3.63, 3.8) is 0 Å². The number of hydrogen-bond acceptors (Lipinski definition) is 2. The average molecular weight is 201 g/mol. The van der Waals surface area contributed by atoms with E-state index in [0.29, 0.717) is 5.41 Å². The largest absolute Gasteiger partial charge is 0.313 e. The summed E-state index contributed by atoms with van der Waals surface area (Å²) in [7, 11) is 0. The van der Waals surface area contributed by atoms with Crippen LogP contribution in [0.2, 0.25) is 0 Å². The van der Waals surface area contributed by atoms with Gasteiger partial charge in [-0.05, 0) is 30.4 Å². The van der Waals surface area contributed by atoms with Gasteiger partial charge in [-0.1, -0.05) is 20.8 Å². The van der Waals surface area contributed by atoms with Gasteiger partial charge in [-0.15, -0.1) is 0 Å². The fourth-order valence-electron chi connectivity index (χ4n) is 2.51. The number of thioether (sulfide) groups is 1. The maximum Gasteiger partial charge on any atom is 0.00983 e. The first-order valence-corrected chi connectivity index (χ1v) is 6.67.